The first kappa shape index (κ1) is 19.1. The van der Waals surface area contributed by atoms with Gasteiger partial charge in [0.2, 0.25) is 0 Å². The quantitative estimate of drug-likeness (QED) is 0.659. The fraction of sp³-hybridized carbons (Fsp3) is 0.348. The number of nitrogens with zero attached hydrogens (tertiary/aromatic N) is 4. The van der Waals surface area contributed by atoms with E-state index in [2.05, 4.69) is 68.4 Å². The number of aromatic nitrogens is 2. The summed E-state index contributed by atoms with van der Waals surface area (Å²) in [5.74, 6) is 2.40. The van der Waals surface area contributed by atoms with Crippen LogP contribution in [0.4, 0.5) is 10.9 Å². The first-order valence-electron chi connectivity index (χ1n) is 10.6. The zero-order chi connectivity index (χ0) is 20.2. The van der Waals surface area contributed by atoms with Crippen molar-refractivity contribution in [3.05, 3.63) is 59.5 Å². The number of hydrogen-bond acceptors (Lipinski definition) is 7. The molecule has 2 N–H and O–H groups in total. The van der Waals surface area contributed by atoms with E-state index in [1.165, 1.54) is 18.4 Å². The molecule has 2 aliphatic rings. The maximum Gasteiger partial charge on any atom is 0.197 e. The molecule has 0 spiro atoms. The van der Waals surface area contributed by atoms with Crippen LogP contribution in [0.2, 0.25) is 0 Å². The molecular formula is C23H26N6S. The van der Waals surface area contributed by atoms with E-state index in [9.17, 15) is 0 Å². The van der Waals surface area contributed by atoms with Crippen LogP contribution >= 0.6 is 11.3 Å². The fourth-order valence-corrected chi connectivity index (χ4v) is 4.79. The third-order valence-corrected chi connectivity index (χ3v) is 6.40. The first-order chi connectivity index (χ1) is 14.8. The van der Waals surface area contributed by atoms with E-state index in [0.29, 0.717) is 5.92 Å². The van der Waals surface area contributed by atoms with Crippen molar-refractivity contribution in [2.45, 2.75) is 25.2 Å². The highest BCUT2D eigenvalue weighted by atomic mass is 32.1. The number of benzene rings is 1. The number of piperidine rings is 1. The molecular weight excluding hydrogens is 392 g/mol. The SMILES string of the molecule is c1ccc(C2CCCN(c3cccc(-c4csc(NC5=NCCCN5)n4)n3)C2)cc1. The van der Waals surface area contributed by atoms with Crippen LogP contribution in [0.15, 0.2) is 58.9 Å². The van der Waals surface area contributed by atoms with Gasteiger partial charge in [-0.3, -0.25) is 4.99 Å². The lowest BCUT2D eigenvalue weighted by Crippen LogP contribution is -2.35. The predicted octanol–water partition coefficient (Wildman–Crippen LogP) is 4.35. The number of thiazole rings is 1. The first-order valence-corrected chi connectivity index (χ1v) is 11.5. The molecule has 0 radical (unpaired) electrons. The van der Waals surface area contributed by atoms with Crippen molar-refractivity contribution in [1.29, 1.82) is 0 Å². The summed E-state index contributed by atoms with van der Waals surface area (Å²) in [7, 11) is 0. The van der Waals surface area contributed by atoms with E-state index in [1.54, 1.807) is 11.3 Å². The lowest BCUT2D eigenvalue weighted by Gasteiger charge is -2.34. The molecule has 1 atom stereocenters. The van der Waals surface area contributed by atoms with Crippen molar-refractivity contribution in [1.82, 2.24) is 15.3 Å². The molecule has 2 aliphatic heterocycles. The molecule has 7 heteroatoms. The van der Waals surface area contributed by atoms with E-state index in [0.717, 1.165) is 60.9 Å². The van der Waals surface area contributed by atoms with Gasteiger partial charge in [-0.1, -0.05) is 36.4 Å². The summed E-state index contributed by atoms with van der Waals surface area (Å²) in [6.07, 6.45) is 3.50. The number of pyridine rings is 1. The van der Waals surface area contributed by atoms with Crippen LogP contribution in [0.25, 0.3) is 11.4 Å². The smallest absolute Gasteiger partial charge is 0.197 e. The second-order valence-corrected chi connectivity index (χ2v) is 8.61. The Hall–Kier alpha value is -2.93. The highest BCUT2D eigenvalue weighted by molar-refractivity contribution is 7.14. The Morgan fingerprint density at radius 2 is 1.93 bits per heavy atom. The summed E-state index contributed by atoms with van der Waals surface area (Å²) in [5, 5.41) is 9.45. The van der Waals surface area contributed by atoms with E-state index < -0.39 is 0 Å². The molecule has 1 aromatic carbocycles. The van der Waals surface area contributed by atoms with E-state index >= 15 is 0 Å². The highest BCUT2D eigenvalue weighted by Crippen LogP contribution is 2.31. The van der Waals surface area contributed by atoms with Crippen LogP contribution in [0.1, 0.15) is 30.7 Å². The lowest BCUT2D eigenvalue weighted by molar-refractivity contribution is 0.507. The number of guanidine groups is 1. The second-order valence-electron chi connectivity index (χ2n) is 7.75. The van der Waals surface area contributed by atoms with Crippen LogP contribution in [0.3, 0.4) is 0 Å². The molecule has 3 aromatic rings. The van der Waals surface area contributed by atoms with Gasteiger partial charge in [-0.2, -0.15) is 0 Å². The van der Waals surface area contributed by atoms with Gasteiger partial charge in [0.05, 0.1) is 5.69 Å². The Labute approximate surface area is 181 Å². The van der Waals surface area contributed by atoms with Gasteiger partial charge >= 0.3 is 0 Å². The number of anilines is 2. The van der Waals surface area contributed by atoms with Gasteiger partial charge in [0.1, 0.15) is 11.5 Å². The Bertz CT molecular complexity index is 1020. The topological polar surface area (TPSA) is 65.4 Å². The van der Waals surface area contributed by atoms with Gasteiger partial charge in [-0.25, -0.2) is 9.97 Å². The summed E-state index contributed by atoms with van der Waals surface area (Å²) in [6.45, 7) is 3.87. The standard InChI is InChI=1S/C23H26N6S/c1-2-7-17(8-3-1)18-9-5-14-29(15-18)21-11-4-10-19(26-21)20-16-30-23(27-20)28-22-24-12-6-13-25-22/h1-4,7-8,10-11,16,18H,5-6,9,12-15H2,(H2,24,25,27,28). The molecule has 154 valence electrons. The molecule has 1 saturated heterocycles. The van der Waals surface area contributed by atoms with Crippen molar-refractivity contribution in [3.63, 3.8) is 0 Å². The zero-order valence-corrected chi connectivity index (χ0v) is 17.7. The molecule has 5 rings (SSSR count). The van der Waals surface area contributed by atoms with Crippen LogP contribution in [0, 0.1) is 0 Å². The van der Waals surface area contributed by atoms with Gasteiger partial charge < -0.3 is 15.5 Å². The maximum atomic E-state index is 4.95. The van der Waals surface area contributed by atoms with Crippen molar-refractivity contribution < 1.29 is 0 Å². The van der Waals surface area contributed by atoms with Crippen LogP contribution in [0.5, 0.6) is 0 Å². The Morgan fingerprint density at radius 3 is 2.80 bits per heavy atom. The monoisotopic (exact) mass is 418 g/mol. The van der Waals surface area contributed by atoms with Gasteiger partial charge in [0, 0.05) is 37.5 Å². The minimum atomic E-state index is 0.559. The second kappa shape index (κ2) is 8.83. The van der Waals surface area contributed by atoms with Gasteiger partial charge in [-0.05, 0) is 37.0 Å². The van der Waals surface area contributed by atoms with Gasteiger partial charge in [0.15, 0.2) is 11.1 Å². The molecule has 1 unspecified atom stereocenters. The van der Waals surface area contributed by atoms with Crippen molar-refractivity contribution in [2.75, 3.05) is 36.4 Å². The van der Waals surface area contributed by atoms with E-state index in [1.807, 2.05) is 6.07 Å². The minimum Gasteiger partial charge on any atom is -0.356 e. The molecule has 30 heavy (non-hydrogen) atoms. The molecule has 1 fully saturated rings. The predicted molar refractivity (Wildman–Crippen MR) is 125 cm³/mol. The highest BCUT2D eigenvalue weighted by Gasteiger charge is 2.22. The molecule has 0 saturated carbocycles. The Kier molecular flexibility index (Phi) is 5.61. The zero-order valence-electron chi connectivity index (χ0n) is 16.9. The third kappa shape index (κ3) is 4.31. The molecule has 2 aromatic heterocycles. The average Bonchev–Trinajstić information content (AvgIpc) is 3.29. The average molecular weight is 419 g/mol. The van der Waals surface area contributed by atoms with E-state index in [4.69, 9.17) is 9.97 Å². The molecule has 0 amide bonds. The molecule has 0 aliphatic carbocycles. The van der Waals surface area contributed by atoms with Gasteiger partial charge in [0.25, 0.3) is 0 Å². The van der Waals surface area contributed by atoms with Crippen molar-refractivity contribution in [2.24, 2.45) is 4.99 Å². The Balaban J connectivity index is 1.31. The lowest BCUT2D eigenvalue weighted by atomic mass is 9.91. The van der Waals surface area contributed by atoms with Gasteiger partial charge in [-0.15, -0.1) is 11.3 Å². The number of hydrogen-bond donors (Lipinski definition) is 2. The number of nitrogens with one attached hydrogen (secondary N) is 2. The summed E-state index contributed by atoms with van der Waals surface area (Å²) >= 11 is 1.58. The fourth-order valence-electron chi connectivity index (χ4n) is 4.09. The van der Waals surface area contributed by atoms with Crippen molar-refractivity contribution in [3.8, 4) is 11.4 Å². The minimum absolute atomic E-state index is 0.559. The van der Waals surface area contributed by atoms with Crippen LogP contribution in [-0.2, 0) is 0 Å². The van der Waals surface area contributed by atoms with Crippen LogP contribution in [-0.4, -0.2) is 42.1 Å². The normalized spacial score (nSPS) is 19.1. The summed E-state index contributed by atoms with van der Waals surface area (Å²) < 4.78 is 0. The Morgan fingerprint density at radius 1 is 1.00 bits per heavy atom. The van der Waals surface area contributed by atoms with E-state index in [-0.39, 0.29) is 0 Å². The third-order valence-electron chi connectivity index (χ3n) is 5.64. The molecule has 6 nitrogen and oxygen atoms in total. The number of aliphatic imine (C=N–C) groups is 1. The maximum absolute atomic E-state index is 4.95. The number of rotatable bonds is 4. The van der Waals surface area contributed by atoms with Crippen molar-refractivity contribution >= 4 is 28.2 Å². The summed E-state index contributed by atoms with van der Waals surface area (Å²) in [6, 6.07) is 17.1. The largest absolute Gasteiger partial charge is 0.356 e. The molecule has 0 bridgehead atoms. The summed E-state index contributed by atoms with van der Waals surface area (Å²) in [4.78, 5) is 16.5. The molecule has 4 heterocycles. The van der Waals surface area contributed by atoms with Crippen LogP contribution < -0.4 is 15.5 Å². The summed E-state index contributed by atoms with van der Waals surface area (Å²) in [5.41, 5.74) is 3.24.